The predicted molar refractivity (Wildman–Crippen MR) is 61.3 cm³/mol. The zero-order valence-electron chi connectivity index (χ0n) is 9.17. The minimum atomic E-state index is -0.402. The molecular weight excluding hydrogens is 206 g/mol. The van der Waals surface area contributed by atoms with Crippen LogP contribution in [0.15, 0.2) is 18.2 Å². The number of aliphatic hydroxyl groups is 1. The molecule has 16 heavy (non-hydrogen) atoms. The third-order valence-electron chi connectivity index (χ3n) is 2.67. The van der Waals surface area contributed by atoms with Crippen LogP contribution >= 0.6 is 0 Å². The van der Waals surface area contributed by atoms with Crippen LogP contribution in [0.1, 0.15) is 11.7 Å². The topological polar surface area (TPSA) is 71.6 Å². The highest BCUT2D eigenvalue weighted by Gasteiger charge is 2.14. The molecule has 1 unspecified atom stereocenters. The molecule has 0 bridgehead atoms. The van der Waals surface area contributed by atoms with Gasteiger partial charge in [0.05, 0.1) is 31.6 Å². The van der Waals surface area contributed by atoms with E-state index in [9.17, 15) is 0 Å². The van der Waals surface area contributed by atoms with E-state index in [1.54, 1.807) is 0 Å². The molecule has 88 valence electrons. The Balaban J connectivity index is 2.14. The summed E-state index contributed by atoms with van der Waals surface area (Å²) in [7, 11) is 0. The Morgan fingerprint density at radius 2 is 2.19 bits per heavy atom. The summed E-state index contributed by atoms with van der Waals surface area (Å²) in [6, 6.07) is 5.31. The van der Waals surface area contributed by atoms with Gasteiger partial charge < -0.3 is 20.5 Å². The van der Waals surface area contributed by atoms with E-state index in [2.05, 4.69) is 9.88 Å². The number of nitrogens with two attached hydrogens (primary N) is 1. The summed E-state index contributed by atoms with van der Waals surface area (Å²) in [5.74, 6) is 0.907. The quantitative estimate of drug-likeness (QED) is 0.749. The minimum absolute atomic E-state index is 0.0838. The van der Waals surface area contributed by atoms with E-state index < -0.39 is 6.04 Å². The molecule has 5 nitrogen and oxygen atoms in total. The lowest BCUT2D eigenvalue weighted by Crippen LogP contribution is -2.37. The molecule has 0 aliphatic carbocycles. The molecule has 1 aromatic rings. The predicted octanol–water partition coefficient (Wildman–Crippen LogP) is -0.0897. The fourth-order valence-corrected chi connectivity index (χ4v) is 1.71. The second kappa shape index (κ2) is 5.25. The fourth-order valence-electron chi connectivity index (χ4n) is 1.71. The number of anilines is 1. The Morgan fingerprint density at radius 3 is 2.88 bits per heavy atom. The maximum absolute atomic E-state index is 8.99. The van der Waals surface area contributed by atoms with Crippen molar-refractivity contribution in [2.45, 2.75) is 6.04 Å². The van der Waals surface area contributed by atoms with Crippen molar-refractivity contribution >= 4 is 5.82 Å². The van der Waals surface area contributed by atoms with Crippen molar-refractivity contribution in [3.05, 3.63) is 23.9 Å². The Kier molecular flexibility index (Phi) is 3.71. The standard InChI is InChI=1S/C11H17N3O2/c12-9(8-15)10-2-1-3-11(13-10)14-4-6-16-7-5-14/h1-3,9,15H,4-8,12H2. The molecule has 0 aromatic carbocycles. The SMILES string of the molecule is NC(CO)c1cccc(N2CCOCC2)n1. The highest BCUT2D eigenvalue weighted by atomic mass is 16.5. The van der Waals surface area contributed by atoms with Gasteiger partial charge in [0, 0.05) is 13.1 Å². The van der Waals surface area contributed by atoms with Gasteiger partial charge >= 0.3 is 0 Å². The average molecular weight is 223 g/mol. The summed E-state index contributed by atoms with van der Waals surface area (Å²) in [5, 5.41) is 8.99. The Hall–Kier alpha value is -1.17. The highest BCUT2D eigenvalue weighted by Crippen LogP contribution is 2.15. The molecule has 0 radical (unpaired) electrons. The summed E-state index contributed by atoms with van der Waals surface area (Å²) in [6.45, 7) is 3.09. The van der Waals surface area contributed by atoms with Crippen molar-refractivity contribution in [3.63, 3.8) is 0 Å². The number of aromatic nitrogens is 1. The van der Waals surface area contributed by atoms with Crippen LogP contribution in [0.25, 0.3) is 0 Å². The molecule has 1 aliphatic heterocycles. The van der Waals surface area contributed by atoms with Crippen molar-refractivity contribution in [3.8, 4) is 0 Å². The molecule has 1 saturated heterocycles. The van der Waals surface area contributed by atoms with Gasteiger partial charge in [0.25, 0.3) is 0 Å². The second-order valence-corrected chi connectivity index (χ2v) is 3.81. The molecular formula is C11H17N3O2. The van der Waals surface area contributed by atoms with Crippen molar-refractivity contribution < 1.29 is 9.84 Å². The van der Waals surface area contributed by atoms with E-state index in [4.69, 9.17) is 15.6 Å². The monoisotopic (exact) mass is 223 g/mol. The van der Waals surface area contributed by atoms with Crippen LogP contribution < -0.4 is 10.6 Å². The van der Waals surface area contributed by atoms with E-state index in [0.29, 0.717) is 0 Å². The summed E-state index contributed by atoms with van der Waals surface area (Å²) in [4.78, 5) is 6.62. The van der Waals surface area contributed by atoms with Crippen molar-refractivity contribution in [1.29, 1.82) is 0 Å². The van der Waals surface area contributed by atoms with Crippen LogP contribution in [-0.4, -0.2) is 43.0 Å². The van der Waals surface area contributed by atoms with E-state index >= 15 is 0 Å². The first-order valence-corrected chi connectivity index (χ1v) is 5.47. The second-order valence-electron chi connectivity index (χ2n) is 3.81. The molecule has 5 heteroatoms. The first kappa shape index (κ1) is 11.3. The Bertz CT molecular complexity index is 340. The summed E-state index contributed by atoms with van der Waals surface area (Å²) >= 11 is 0. The molecule has 2 rings (SSSR count). The third-order valence-corrected chi connectivity index (χ3v) is 2.67. The number of pyridine rings is 1. The first-order valence-electron chi connectivity index (χ1n) is 5.47. The molecule has 0 amide bonds. The van der Waals surface area contributed by atoms with Gasteiger partial charge in [0.15, 0.2) is 0 Å². The lowest BCUT2D eigenvalue weighted by atomic mass is 10.2. The molecule has 1 fully saturated rings. The van der Waals surface area contributed by atoms with Crippen LogP contribution in [-0.2, 0) is 4.74 Å². The third kappa shape index (κ3) is 2.49. The number of hydrogen-bond donors (Lipinski definition) is 2. The smallest absolute Gasteiger partial charge is 0.129 e. The highest BCUT2D eigenvalue weighted by molar-refractivity contribution is 5.40. The Morgan fingerprint density at radius 1 is 1.44 bits per heavy atom. The van der Waals surface area contributed by atoms with Gasteiger partial charge in [0.2, 0.25) is 0 Å². The molecule has 3 N–H and O–H groups in total. The number of nitrogens with zero attached hydrogens (tertiary/aromatic N) is 2. The van der Waals surface area contributed by atoms with Gasteiger partial charge in [-0.05, 0) is 12.1 Å². The van der Waals surface area contributed by atoms with Crippen molar-refractivity contribution in [1.82, 2.24) is 4.98 Å². The van der Waals surface area contributed by atoms with Gasteiger partial charge in [-0.25, -0.2) is 4.98 Å². The van der Waals surface area contributed by atoms with Crippen LogP contribution in [0.4, 0.5) is 5.82 Å². The number of ether oxygens (including phenoxy) is 1. The van der Waals surface area contributed by atoms with Gasteiger partial charge in [-0.1, -0.05) is 6.07 Å². The van der Waals surface area contributed by atoms with Crippen molar-refractivity contribution in [2.24, 2.45) is 5.73 Å². The lowest BCUT2D eigenvalue weighted by Gasteiger charge is -2.28. The normalized spacial score (nSPS) is 18.5. The average Bonchev–Trinajstić information content (AvgIpc) is 2.39. The maximum Gasteiger partial charge on any atom is 0.129 e. The number of hydrogen-bond acceptors (Lipinski definition) is 5. The summed E-state index contributed by atoms with van der Waals surface area (Å²) in [6.07, 6.45) is 0. The molecule has 1 aromatic heterocycles. The number of rotatable bonds is 3. The zero-order chi connectivity index (χ0) is 11.4. The minimum Gasteiger partial charge on any atom is -0.394 e. The molecule has 1 aliphatic rings. The molecule has 1 atom stereocenters. The number of aliphatic hydroxyl groups excluding tert-OH is 1. The Labute approximate surface area is 94.8 Å². The zero-order valence-corrected chi connectivity index (χ0v) is 9.17. The van der Waals surface area contributed by atoms with Crippen LogP contribution in [0.3, 0.4) is 0 Å². The number of morpholine rings is 1. The lowest BCUT2D eigenvalue weighted by molar-refractivity contribution is 0.122. The van der Waals surface area contributed by atoms with Gasteiger partial charge in [-0.15, -0.1) is 0 Å². The van der Waals surface area contributed by atoms with Crippen LogP contribution in [0.2, 0.25) is 0 Å². The molecule has 0 saturated carbocycles. The van der Waals surface area contributed by atoms with Crippen molar-refractivity contribution in [2.75, 3.05) is 37.8 Å². The van der Waals surface area contributed by atoms with Crippen LogP contribution in [0, 0.1) is 0 Å². The molecule has 0 spiro atoms. The maximum atomic E-state index is 8.99. The van der Waals surface area contributed by atoms with Crippen LogP contribution in [0.5, 0.6) is 0 Å². The van der Waals surface area contributed by atoms with E-state index in [1.807, 2.05) is 18.2 Å². The van der Waals surface area contributed by atoms with E-state index in [1.165, 1.54) is 0 Å². The van der Waals surface area contributed by atoms with Gasteiger partial charge in [0.1, 0.15) is 5.82 Å². The molecule has 2 heterocycles. The summed E-state index contributed by atoms with van der Waals surface area (Å²) in [5.41, 5.74) is 6.47. The first-order chi connectivity index (χ1) is 7.81. The largest absolute Gasteiger partial charge is 0.394 e. The fraction of sp³-hybridized carbons (Fsp3) is 0.545. The summed E-state index contributed by atoms with van der Waals surface area (Å²) < 4.78 is 5.29. The van der Waals surface area contributed by atoms with Gasteiger partial charge in [-0.2, -0.15) is 0 Å². The van der Waals surface area contributed by atoms with E-state index in [-0.39, 0.29) is 6.61 Å². The van der Waals surface area contributed by atoms with Gasteiger partial charge in [-0.3, -0.25) is 0 Å². The van der Waals surface area contributed by atoms with E-state index in [0.717, 1.165) is 37.8 Å².